The normalized spacial score (nSPS) is 13.0. The number of rotatable bonds is 6. The van der Waals surface area contributed by atoms with Crippen molar-refractivity contribution in [3.63, 3.8) is 0 Å². The molecule has 0 bridgehead atoms. The third-order valence-corrected chi connectivity index (χ3v) is 10.2. The number of anilines is 1. The van der Waals surface area contributed by atoms with Gasteiger partial charge in [0.25, 0.3) is 5.56 Å². The number of benzene rings is 2. The minimum absolute atomic E-state index is 0.0636. The summed E-state index contributed by atoms with van der Waals surface area (Å²) in [6, 6.07) is 21.6. The molecule has 2 aromatic carbocycles. The number of thiophene rings is 2. The third-order valence-electron chi connectivity index (χ3n) is 7.07. The van der Waals surface area contributed by atoms with Gasteiger partial charge in [0.2, 0.25) is 5.91 Å². The van der Waals surface area contributed by atoms with Gasteiger partial charge in [-0.3, -0.25) is 14.2 Å². The maximum absolute atomic E-state index is 14.1. The largest absolute Gasteiger partial charge is 0.316 e. The number of aryl methyl sites for hydroxylation is 2. The summed E-state index contributed by atoms with van der Waals surface area (Å²) in [5, 5.41) is 14.5. The Labute approximate surface area is 244 Å². The summed E-state index contributed by atoms with van der Waals surface area (Å²) in [5.74, 6) is -0.159. The molecular weight excluding hydrogens is 557 g/mol. The zero-order chi connectivity index (χ0) is 27.6. The van der Waals surface area contributed by atoms with Crippen LogP contribution in [0.5, 0.6) is 0 Å². The van der Waals surface area contributed by atoms with Gasteiger partial charge in [-0.2, -0.15) is 5.26 Å². The van der Waals surface area contributed by atoms with Crippen molar-refractivity contribution in [1.82, 2.24) is 9.55 Å². The summed E-state index contributed by atoms with van der Waals surface area (Å²) in [4.78, 5) is 35.0. The molecule has 0 saturated carbocycles. The van der Waals surface area contributed by atoms with Crippen LogP contribution in [0, 0.1) is 18.3 Å². The molecule has 3 heterocycles. The van der Waals surface area contributed by atoms with E-state index in [1.54, 1.807) is 4.57 Å². The highest BCUT2D eigenvalue weighted by atomic mass is 32.2. The fraction of sp³-hybridized carbons (Fsp3) is 0.226. The zero-order valence-electron chi connectivity index (χ0n) is 21.9. The average molecular weight is 583 g/mol. The molecule has 200 valence electrons. The fourth-order valence-electron chi connectivity index (χ4n) is 5.24. The van der Waals surface area contributed by atoms with Crippen LogP contribution in [0.2, 0.25) is 0 Å². The van der Waals surface area contributed by atoms with Crippen LogP contribution in [-0.2, 0) is 17.6 Å². The van der Waals surface area contributed by atoms with Crippen LogP contribution >= 0.6 is 34.4 Å². The molecule has 0 atom stereocenters. The van der Waals surface area contributed by atoms with Gasteiger partial charge in [-0.1, -0.05) is 66.7 Å². The molecule has 6 nitrogen and oxygen atoms in total. The summed E-state index contributed by atoms with van der Waals surface area (Å²) in [6.07, 6.45) is 5.19. The molecule has 0 saturated heterocycles. The number of nitrogens with zero attached hydrogens (tertiary/aromatic N) is 3. The van der Waals surface area contributed by atoms with E-state index in [4.69, 9.17) is 4.98 Å². The van der Waals surface area contributed by atoms with E-state index in [0.717, 1.165) is 47.3 Å². The van der Waals surface area contributed by atoms with E-state index in [2.05, 4.69) is 11.4 Å². The lowest BCUT2D eigenvalue weighted by atomic mass is 10.0. The lowest BCUT2D eigenvalue weighted by Crippen LogP contribution is -2.22. The van der Waals surface area contributed by atoms with Crippen molar-refractivity contribution < 1.29 is 4.79 Å². The molecule has 0 spiro atoms. The number of carbonyl (C=O) groups is 1. The van der Waals surface area contributed by atoms with Crippen LogP contribution in [0.25, 0.3) is 27.0 Å². The molecule has 9 heteroatoms. The first-order chi connectivity index (χ1) is 19.5. The van der Waals surface area contributed by atoms with E-state index in [1.165, 1.54) is 45.7 Å². The smallest absolute Gasteiger partial charge is 0.268 e. The number of fused-ring (bicyclic) bond motifs is 2. The second-order valence-corrected chi connectivity index (χ2v) is 12.9. The first-order valence-corrected chi connectivity index (χ1v) is 15.8. The minimum atomic E-state index is -0.223. The first-order valence-electron chi connectivity index (χ1n) is 13.2. The maximum Gasteiger partial charge on any atom is 0.268 e. The van der Waals surface area contributed by atoms with Gasteiger partial charge >= 0.3 is 0 Å². The van der Waals surface area contributed by atoms with Crippen molar-refractivity contribution in [2.75, 3.05) is 11.1 Å². The van der Waals surface area contributed by atoms with E-state index in [-0.39, 0.29) is 17.2 Å². The van der Waals surface area contributed by atoms with Crippen molar-refractivity contribution in [1.29, 1.82) is 5.26 Å². The lowest BCUT2D eigenvalue weighted by Gasteiger charge is -2.13. The summed E-state index contributed by atoms with van der Waals surface area (Å²) < 4.78 is 1.60. The molecule has 0 fully saturated rings. The molecule has 0 aliphatic heterocycles. The standard InChI is InChI=1S/C31H26N4O2S3/c1-19-26(20-11-5-2-6-12-20)27-29(39-19)34-31(35(30(27)37)21-13-7-3-8-14-21)38-18-25(36)33-28-23(17-32)22-15-9-4-10-16-24(22)40-28/h2-3,5-8,11-14H,4,9-10,15-16,18H2,1H3,(H,33,36). The second kappa shape index (κ2) is 11.4. The lowest BCUT2D eigenvalue weighted by molar-refractivity contribution is -0.113. The fourth-order valence-corrected chi connectivity index (χ4v) is 8.39. The molecule has 1 N–H and O–H groups in total. The third kappa shape index (κ3) is 4.99. The second-order valence-electron chi connectivity index (χ2n) is 9.67. The molecule has 5 aromatic rings. The average Bonchev–Trinajstić information content (AvgIpc) is 3.38. The number of nitrogens with one attached hydrogen (secondary N) is 1. The van der Waals surface area contributed by atoms with Crippen molar-refractivity contribution in [3.05, 3.63) is 91.9 Å². The maximum atomic E-state index is 14.1. The number of amides is 1. The monoisotopic (exact) mass is 582 g/mol. The predicted octanol–water partition coefficient (Wildman–Crippen LogP) is 7.36. The molecule has 6 rings (SSSR count). The van der Waals surface area contributed by atoms with Gasteiger partial charge in [0.1, 0.15) is 15.9 Å². The van der Waals surface area contributed by atoms with Gasteiger partial charge < -0.3 is 5.32 Å². The van der Waals surface area contributed by atoms with Crippen molar-refractivity contribution in [3.8, 4) is 22.9 Å². The van der Waals surface area contributed by atoms with Gasteiger partial charge in [0, 0.05) is 15.3 Å². The quantitative estimate of drug-likeness (QED) is 0.128. The number of hydrogen-bond donors (Lipinski definition) is 1. The molecule has 40 heavy (non-hydrogen) atoms. The number of thioether (sulfide) groups is 1. The molecular formula is C31H26N4O2S3. The first kappa shape index (κ1) is 26.5. The Morgan fingerprint density at radius 3 is 2.52 bits per heavy atom. The summed E-state index contributed by atoms with van der Waals surface area (Å²) in [6.45, 7) is 2.01. The van der Waals surface area contributed by atoms with Crippen LogP contribution in [0.15, 0.2) is 70.6 Å². The van der Waals surface area contributed by atoms with Crippen LogP contribution in [-0.4, -0.2) is 21.2 Å². The highest BCUT2D eigenvalue weighted by molar-refractivity contribution is 7.99. The van der Waals surface area contributed by atoms with Crippen molar-refractivity contribution in [2.45, 2.75) is 44.2 Å². The van der Waals surface area contributed by atoms with Crippen LogP contribution < -0.4 is 10.9 Å². The van der Waals surface area contributed by atoms with E-state index < -0.39 is 0 Å². The minimum Gasteiger partial charge on any atom is -0.316 e. The van der Waals surface area contributed by atoms with E-state index in [1.807, 2.05) is 67.6 Å². The van der Waals surface area contributed by atoms with E-state index in [9.17, 15) is 14.9 Å². The molecule has 1 aliphatic carbocycles. The Hall–Kier alpha value is -3.71. The number of carbonyl (C=O) groups excluding carboxylic acids is 1. The number of para-hydroxylation sites is 1. The Kier molecular flexibility index (Phi) is 7.57. The number of nitriles is 1. The zero-order valence-corrected chi connectivity index (χ0v) is 24.3. The van der Waals surface area contributed by atoms with Gasteiger partial charge in [-0.25, -0.2) is 4.98 Å². The van der Waals surface area contributed by atoms with E-state index >= 15 is 0 Å². The van der Waals surface area contributed by atoms with Gasteiger partial charge in [0.05, 0.1) is 22.4 Å². The van der Waals surface area contributed by atoms with Crippen molar-refractivity contribution in [2.24, 2.45) is 0 Å². The highest BCUT2D eigenvalue weighted by Gasteiger charge is 2.23. The summed E-state index contributed by atoms with van der Waals surface area (Å²) in [5.41, 5.74) is 4.12. The number of hydrogen-bond acceptors (Lipinski definition) is 7. The summed E-state index contributed by atoms with van der Waals surface area (Å²) >= 11 is 4.24. The van der Waals surface area contributed by atoms with Crippen molar-refractivity contribution >= 4 is 55.6 Å². The molecule has 0 unspecified atom stereocenters. The predicted molar refractivity (Wildman–Crippen MR) is 165 cm³/mol. The SMILES string of the molecule is Cc1sc2nc(SCC(=O)Nc3sc4c(c3C#N)CCCCC4)n(-c3ccccc3)c(=O)c2c1-c1ccccc1. The van der Waals surface area contributed by atoms with Gasteiger partial charge in [0.15, 0.2) is 5.16 Å². The van der Waals surface area contributed by atoms with Crippen LogP contribution in [0.3, 0.4) is 0 Å². The Balaban J connectivity index is 1.35. The molecule has 3 aromatic heterocycles. The molecule has 1 amide bonds. The van der Waals surface area contributed by atoms with E-state index in [0.29, 0.717) is 31.6 Å². The van der Waals surface area contributed by atoms with Gasteiger partial charge in [-0.15, -0.1) is 22.7 Å². The summed E-state index contributed by atoms with van der Waals surface area (Å²) in [7, 11) is 0. The topological polar surface area (TPSA) is 87.8 Å². The number of aromatic nitrogens is 2. The molecule has 0 radical (unpaired) electrons. The Morgan fingerprint density at radius 1 is 1.05 bits per heavy atom. The Morgan fingerprint density at radius 2 is 1.77 bits per heavy atom. The van der Waals surface area contributed by atoms with Crippen LogP contribution in [0.1, 0.15) is 40.1 Å². The highest BCUT2D eigenvalue weighted by Crippen LogP contribution is 2.38. The van der Waals surface area contributed by atoms with Crippen LogP contribution in [0.4, 0.5) is 5.00 Å². The Bertz CT molecular complexity index is 1820. The molecule has 1 aliphatic rings. The van der Waals surface area contributed by atoms with Gasteiger partial charge in [-0.05, 0) is 55.9 Å².